The Bertz CT molecular complexity index is 1050. The molecule has 0 bridgehead atoms. The largest absolute Gasteiger partial charge is 0.424 e. The highest BCUT2D eigenvalue weighted by molar-refractivity contribution is 6.30. The minimum atomic E-state index is 0.268. The number of aromatic nitrogens is 5. The van der Waals surface area contributed by atoms with Crippen molar-refractivity contribution < 1.29 is 4.74 Å². The van der Waals surface area contributed by atoms with Gasteiger partial charge in [0.15, 0.2) is 0 Å². The van der Waals surface area contributed by atoms with Crippen LogP contribution in [0.5, 0.6) is 11.8 Å². The molecule has 4 rings (SSSR count). The van der Waals surface area contributed by atoms with Gasteiger partial charge in [-0.05, 0) is 37.3 Å². The van der Waals surface area contributed by atoms with Crippen LogP contribution in [0.1, 0.15) is 6.92 Å². The summed E-state index contributed by atoms with van der Waals surface area (Å²) in [4.78, 5) is 8.78. The highest BCUT2D eigenvalue weighted by Gasteiger charge is 2.18. The van der Waals surface area contributed by atoms with Gasteiger partial charge in [0.25, 0.3) is 0 Å². The molecule has 2 aromatic carbocycles. The smallest absolute Gasteiger partial charge is 0.322 e. The average Bonchev–Trinajstić information content (AvgIpc) is 3.14. The van der Waals surface area contributed by atoms with E-state index in [-0.39, 0.29) is 6.01 Å². The van der Waals surface area contributed by atoms with Crippen LogP contribution >= 0.6 is 11.6 Å². The zero-order valence-corrected chi connectivity index (χ0v) is 15.3. The highest BCUT2D eigenvalue weighted by Crippen LogP contribution is 2.31. The maximum atomic E-state index is 6.01. The van der Waals surface area contributed by atoms with E-state index >= 15 is 0 Å². The maximum absolute atomic E-state index is 6.01. The van der Waals surface area contributed by atoms with Gasteiger partial charge in [0.05, 0.1) is 5.69 Å². The Morgan fingerprint density at radius 3 is 2.52 bits per heavy atom. The minimum absolute atomic E-state index is 0.268. The van der Waals surface area contributed by atoms with Crippen molar-refractivity contribution in [2.24, 2.45) is 0 Å². The van der Waals surface area contributed by atoms with E-state index in [2.05, 4.69) is 20.3 Å². The van der Waals surface area contributed by atoms with Crippen LogP contribution in [0.4, 0.5) is 0 Å². The fourth-order valence-electron chi connectivity index (χ4n) is 2.71. The summed E-state index contributed by atoms with van der Waals surface area (Å²) < 4.78 is 7.57. The Kier molecular flexibility index (Phi) is 4.80. The third kappa shape index (κ3) is 3.66. The van der Waals surface area contributed by atoms with E-state index in [1.165, 1.54) is 0 Å². The van der Waals surface area contributed by atoms with Crippen molar-refractivity contribution in [2.75, 3.05) is 0 Å². The number of halogens is 1. The number of aryl methyl sites for hydroxylation is 1. The molecule has 0 radical (unpaired) electrons. The molecule has 0 N–H and O–H groups in total. The van der Waals surface area contributed by atoms with Crippen molar-refractivity contribution in [3.63, 3.8) is 0 Å². The minimum Gasteiger partial charge on any atom is -0.424 e. The lowest BCUT2D eigenvalue weighted by Gasteiger charge is -2.08. The summed E-state index contributed by atoms with van der Waals surface area (Å²) in [5, 5.41) is 9.27. The first-order chi connectivity index (χ1) is 13.2. The van der Waals surface area contributed by atoms with Gasteiger partial charge in [0.2, 0.25) is 0 Å². The van der Waals surface area contributed by atoms with Gasteiger partial charge in [-0.3, -0.25) is 0 Å². The van der Waals surface area contributed by atoms with Crippen LogP contribution in [-0.2, 0) is 6.54 Å². The highest BCUT2D eigenvalue weighted by atomic mass is 35.5. The van der Waals surface area contributed by atoms with Crippen LogP contribution in [0.15, 0.2) is 66.9 Å². The lowest BCUT2D eigenvalue weighted by Crippen LogP contribution is -2.02. The molecule has 7 heteroatoms. The van der Waals surface area contributed by atoms with Crippen LogP contribution < -0.4 is 4.74 Å². The van der Waals surface area contributed by atoms with E-state index in [9.17, 15) is 0 Å². The standard InChI is InChI=1S/C20H16ClN5O/c1-2-26-19(18(24-25-26)14-8-10-15(21)11-9-14)17-12-13-22-20(23-17)27-16-6-4-3-5-7-16/h3-13H,2H2,1H3. The number of ether oxygens (including phenoxy) is 1. The van der Waals surface area contributed by atoms with E-state index in [4.69, 9.17) is 16.3 Å². The molecule has 0 saturated heterocycles. The molecule has 27 heavy (non-hydrogen) atoms. The summed E-state index contributed by atoms with van der Waals surface area (Å²) in [6.45, 7) is 2.67. The number of nitrogens with zero attached hydrogens (tertiary/aromatic N) is 5. The number of para-hydroxylation sites is 1. The van der Waals surface area contributed by atoms with Crippen LogP contribution in [0.3, 0.4) is 0 Å². The fraction of sp³-hybridized carbons (Fsp3) is 0.100. The fourth-order valence-corrected chi connectivity index (χ4v) is 2.83. The van der Waals surface area contributed by atoms with Gasteiger partial charge in [-0.2, -0.15) is 4.98 Å². The molecule has 0 aliphatic rings. The van der Waals surface area contributed by atoms with Crippen molar-refractivity contribution in [1.82, 2.24) is 25.0 Å². The molecule has 134 valence electrons. The first-order valence-corrected chi connectivity index (χ1v) is 8.88. The van der Waals surface area contributed by atoms with Crippen LogP contribution in [0.25, 0.3) is 22.6 Å². The summed E-state index contributed by atoms with van der Waals surface area (Å²) in [6.07, 6.45) is 1.67. The molecule has 0 amide bonds. The normalized spacial score (nSPS) is 10.7. The van der Waals surface area contributed by atoms with E-state index in [0.717, 1.165) is 17.0 Å². The van der Waals surface area contributed by atoms with E-state index in [1.807, 2.05) is 67.6 Å². The SMILES string of the molecule is CCn1nnc(-c2ccc(Cl)cc2)c1-c1ccnc(Oc2ccccc2)n1. The lowest BCUT2D eigenvalue weighted by atomic mass is 10.1. The predicted octanol–water partition coefficient (Wildman–Crippen LogP) is 4.87. The van der Waals surface area contributed by atoms with Gasteiger partial charge in [0.1, 0.15) is 17.1 Å². The molecule has 0 aliphatic heterocycles. The summed E-state index contributed by atoms with van der Waals surface area (Å²) in [6, 6.07) is 19.0. The number of rotatable bonds is 5. The quantitative estimate of drug-likeness (QED) is 0.496. The van der Waals surface area contributed by atoms with Gasteiger partial charge in [0, 0.05) is 23.3 Å². The van der Waals surface area contributed by atoms with Gasteiger partial charge >= 0.3 is 6.01 Å². The molecule has 0 atom stereocenters. The predicted molar refractivity (Wildman–Crippen MR) is 104 cm³/mol. The molecular formula is C20H16ClN5O. The molecule has 0 unspecified atom stereocenters. The Morgan fingerprint density at radius 1 is 1.00 bits per heavy atom. The van der Waals surface area contributed by atoms with Crippen molar-refractivity contribution in [3.8, 4) is 34.4 Å². The molecule has 2 heterocycles. The lowest BCUT2D eigenvalue weighted by molar-refractivity contribution is 0.442. The summed E-state index contributed by atoms with van der Waals surface area (Å²) >= 11 is 6.01. The van der Waals surface area contributed by atoms with Crippen LogP contribution in [0, 0.1) is 0 Å². The summed E-state index contributed by atoms with van der Waals surface area (Å²) in [5.41, 5.74) is 3.14. The number of benzene rings is 2. The second-order valence-corrected chi connectivity index (χ2v) is 6.19. The Morgan fingerprint density at radius 2 is 1.78 bits per heavy atom. The maximum Gasteiger partial charge on any atom is 0.322 e. The summed E-state index contributed by atoms with van der Waals surface area (Å²) in [7, 11) is 0. The first kappa shape index (κ1) is 17.2. The van der Waals surface area contributed by atoms with Gasteiger partial charge in [-0.25, -0.2) is 9.67 Å². The molecular weight excluding hydrogens is 362 g/mol. The molecule has 4 aromatic rings. The zero-order chi connectivity index (χ0) is 18.6. The van der Waals surface area contributed by atoms with Crippen molar-refractivity contribution in [1.29, 1.82) is 0 Å². The second kappa shape index (κ2) is 7.55. The van der Waals surface area contributed by atoms with Gasteiger partial charge < -0.3 is 4.74 Å². The molecule has 0 saturated carbocycles. The number of hydrogen-bond donors (Lipinski definition) is 0. The van der Waals surface area contributed by atoms with Crippen LogP contribution in [0.2, 0.25) is 5.02 Å². The molecule has 2 aromatic heterocycles. The third-order valence-corrected chi connectivity index (χ3v) is 4.23. The second-order valence-electron chi connectivity index (χ2n) is 5.75. The monoisotopic (exact) mass is 377 g/mol. The van der Waals surface area contributed by atoms with Crippen LogP contribution in [-0.4, -0.2) is 25.0 Å². The molecule has 6 nitrogen and oxygen atoms in total. The first-order valence-electron chi connectivity index (χ1n) is 8.50. The Balaban J connectivity index is 1.76. The van der Waals surface area contributed by atoms with E-state index in [0.29, 0.717) is 23.0 Å². The number of hydrogen-bond acceptors (Lipinski definition) is 5. The molecule has 0 fully saturated rings. The molecule has 0 aliphatic carbocycles. The van der Waals surface area contributed by atoms with Crippen molar-refractivity contribution >= 4 is 11.6 Å². The van der Waals surface area contributed by atoms with Crippen molar-refractivity contribution in [3.05, 3.63) is 71.9 Å². The molecule has 0 spiro atoms. The van der Waals surface area contributed by atoms with Gasteiger partial charge in [-0.1, -0.05) is 47.1 Å². The zero-order valence-electron chi connectivity index (χ0n) is 14.6. The van der Waals surface area contributed by atoms with E-state index in [1.54, 1.807) is 10.9 Å². The van der Waals surface area contributed by atoms with Gasteiger partial charge in [-0.15, -0.1) is 5.10 Å². The average molecular weight is 378 g/mol. The summed E-state index contributed by atoms with van der Waals surface area (Å²) in [5.74, 6) is 0.676. The Hall–Kier alpha value is -3.25. The van der Waals surface area contributed by atoms with E-state index < -0.39 is 0 Å². The topological polar surface area (TPSA) is 65.7 Å². The Labute approximate surface area is 161 Å². The van der Waals surface area contributed by atoms with Crippen molar-refractivity contribution in [2.45, 2.75) is 13.5 Å². The third-order valence-electron chi connectivity index (χ3n) is 3.98.